The number of carbonyl (C=O) groups excluding carboxylic acids is 1. The molecule has 0 spiro atoms. The number of carboxylic acids is 1. The predicted molar refractivity (Wildman–Crippen MR) is 54.5 cm³/mol. The van der Waals surface area contributed by atoms with E-state index in [1.165, 1.54) is 0 Å². The molecule has 15 heavy (non-hydrogen) atoms. The number of hydrogen-bond acceptors (Lipinski definition) is 3. The molecule has 0 aromatic carbocycles. The van der Waals surface area contributed by atoms with Crippen LogP contribution >= 0.6 is 0 Å². The standard InChI is InChI=1S/C9H16N2O4/c1-2-3-5-10-9(15)11-6-4-7(12)8(13)14/h2,7,12H,1,3-6H2,(H,13,14)(H2,10,11,15)/t7-/m0/s1. The maximum Gasteiger partial charge on any atom is 0.332 e. The highest BCUT2D eigenvalue weighted by Crippen LogP contribution is 1.88. The van der Waals surface area contributed by atoms with Crippen LogP contribution in [0.2, 0.25) is 0 Å². The number of aliphatic hydroxyl groups excluding tert-OH is 1. The van der Waals surface area contributed by atoms with Crippen molar-refractivity contribution in [3.63, 3.8) is 0 Å². The first kappa shape index (κ1) is 13.4. The number of amides is 2. The summed E-state index contributed by atoms with van der Waals surface area (Å²) in [6.45, 7) is 4.09. The van der Waals surface area contributed by atoms with E-state index in [1.807, 2.05) is 0 Å². The van der Waals surface area contributed by atoms with Crippen molar-refractivity contribution < 1.29 is 19.8 Å². The van der Waals surface area contributed by atoms with E-state index in [9.17, 15) is 9.59 Å². The minimum atomic E-state index is -1.43. The summed E-state index contributed by atoms with van der Waals surface area (Å²) >= 11 is 0. The van der Waals surface area contributed by atoms with Gasteiger partial charge in [0.1, 0.15) is 0 Å². The molecule has 0 aromatic heterocycles. The van der Waals surface area contributed by atoms with Gasteiger partial charge in [0.15, 0.2) is 6.10 Å². The lowest BCUT2D eigenvalue weighted by atomic mass is 10.2. The van der Waals surface area contributed by atoms with E-state index in [0.717, 1.165) is 0 Å². The fourth-order valence-electron chi connectivity index (χ4n) is 0.796. The molecule has 0 aliphatic carbocycles. The third kappa shape index (κ3) is 7.51. The second kappa shape index (κ2) is 7.81. The zero-order chi connectivity index (χ0) is 11.7. The zero-order valence-corrected chi connectivity index (χ0v) is 8.40. The lowest BCUT2D eigenvalue weighted by Gasteiger charge is -2.08. The van der Waals surface area contributed by atoms with Crippen LogP contribution in [0.5, 0.6) is 0 Å². The molecule has 86 valence electrons. The molecule has 0 saturated heterocycles. The first-order chi connectivity index (χ1) is 7.07. The van der Waals surface area contributed by atoms with Crippen molar-refractivity contribution in [2.45, 2.75) is 18.9 Å². The summed E-state index contributed by atoms with van der Waals surface area (Å²) in [5.41, 5.74) is 0. The normalized spacial score (nSPS) is 11.5. The van der Waals surface area contributed by atoms with Gasteiger partial charge in [-0.15, -0.1) is 6.58 Å². The van der Waals surface area contributed by atoms with Gasteiger partial charge in [-0.1, -0.05) is 6.08 Å². The van der Waals surface area contributed by atoms with Gasteiger partial charge in [-0.2, -0.15) is 0 Å². The number of aliphatic carboxylic acids is 1. The molecule has 0 unspecified atom stereocenters. The van der Waals surface area contributed by atoms with Gasteiger partial charge < -0.3 is 20.8 Å². The fourth-order valence-corrected chi connectivity index (χ4v) is 0.796. The summed E-state index contributed by atoms with van der Waals surface area (Å²) in [6.07, 6.45) is 0.905. The lowest BCUT2D eigenvalue weighted by molar-refractivity contribution is -0.146. The molecule has 0 aliphatic rings. The Kier molecular flexibility index (Phi) is 7.00. The highest BCUT2D eigenvalue weighted by atomic mass is 16.4. The summed E-state index contributed by atoms with van der Waals surface area (Å²) in [5.74, 6) is -1.29. The van der Waals surface area contributed by atoms with Gasteiger partial charge in [0, 0.05) is 19.5 Å². The van der Waals surface area contributed by atoms with Crippen molar-refractivity contribution in [2.24, 2.45) is 0 Å². The van der Waals surface area contributed by atoms with Crippen LogP contribution < -0.4 is 10.6 Å². The van der Waals surface area contributed by atoms with Gasteiger partial charge >= 0.3 is 12.0 Å². The SMILES string of the molecule is C=CCCNC(=O)NCC[C@H](O)C(=O)O. The molecule has 6 nitrogen and oxygen atoms in total. The van der Waals surface area contributed by atoms with Crippen molar-refractivity contribution in [3.05, 3.63) is 12.7 Å². The van der Waals surface area contributed by atoms with Crippen LogP contribution in [0.25, 0.3) is 0 Å². The Hall–Kier alpha value is -1.56. The second-order valence-corrected chi connectivity index (χ2v) is 2.90. The Morgan fingerprint density at radius 3 is 2.47 bits per heavy atom. The number of nitrogens with one attached hydrogen (secondary N) is 2. The minimum absolute atomic E-state index is 0.00971. The number of carboxylic acid groups (broad SMARTS) is 1. The van der Waals surface area contributed by atoms with Crippen molar-refractivity contribution in [2.75, 3.05) is 13.1 Å². The maximum absolute atomic E-state index is 11.0. The monoisotopic (exact) mass is 216 g/mol. The lowest BCUT2D eigenvalue weighted by Crippen LogP contribution is -2.38. The third-order valence-corrected chi connectivity index (χ3v) is 1.62. The molecule has 0 bridgehead atoms. The molecule has 4 N–H and O–H groups in total. The van der Waals surface area contributed by atoms with Crippen LogP contribution in [0.3, 0.4) is 0 Å². The Labute approximate surface area is 88.0 Å². The predicted octanol–water partition coefficient (Wildman–Crippen LogP) is -0.303. The smallest absolute Gasteiger partial charge is 0.332 e. The Morgan fingerprint density at radius 2 is 1.93 bits per heavy atom. The molecule has 0 radical (unpaired) electrons. The highest BCUT2D eigenvalue weighted by molar-refractivity contribution is 5.74. The maximum atomic E-state index is 11.0. The summed E-state index contributed by atoms with van der Waals surface area (Å²) < 4.78 is 0. The molecular weight excluding hydrogens is 200 g/mol. The third-order valence-electron chi connectivity index (χ3n) is 1.62. The largest absolute Gasteiger partial charge is 0.479 e. The van der Waals surface area contributed by atoms with E-state index in [4.69, 9.17) is 10.2 Å². The van der Waals surface area contributed by atoms with Crippen molar-refractivity contribution >= 4 is 12.0 Å². The van der Waals surface area contributed by atoms with Crippen molar-refractivity contribution in [3.8, 4) is 0 Å². The van der Waals surface area contributed by atoms with E-state index in [0.29, 0.717) is 13.0 Å². The number of carbonyl (C=O) groups is 2. The van der Waals surface area contributed by atoms with Crippen LogP contribution in [-0.4, -0.2) is 41.4 Å². The first-order valence-electron chi connectivity index (χ1n) is 4.61. The molecule has 0 fully saturated rings. The van der Waals surface area contributed by atoms with Crippen LogP contribution in [-0.2, 0) is 4.79 Å². The summed E-state index contributed by atoms with van der Waals surface area (Å²) in [7, 11) is 0. The molecular formula is C9H16N2O4. The summed E-state index contributed by atoms with van der Waals surface area (Å²) in [5, 5.41) is 22.2. The van der Waals surface area contributed by atoms with Gasteiger partial charge in [-0.25, -0.2) is 9.59 Å². The highest BCUT2D eigenvalue weighted by Gasteiger charge is 2.12. The number of aliphatic hydroxyl groups is 1. The van der Waals surface area contributed by atoms with Gasteiger partial charge in [-0.05, 0) is 6.42 Å². The molecule has 1 atom stereocenters. The van der Waals surface area contributed by atoms with E-state index in [-0.39, 0.29) is 19.0 Å². The second-order valence-electron chi connectivity index (χ2n) is 2.90. The average Bonchev–Trinajstić information content (AvgIpc) is 2.18. The van der Waals surface area contributed by atoms with Crippen molar-refractivity contribution in [1.29, 1.82) is 0 Å². The van der Waals surface area contributed by atoms with Crippen molar-refractivity contribution in [1.82, 2.24) is 10.6 Å². The van der Waals surface area contributed by atoms with Gasteiger partial charge in [0.05, 0.1) is 0 Å². The molecule has 2 amide bonds. The molecule has 0 heterocycles. The van der Waals surface area contributed by atoms with E-state index >= 15 is 0 Å². The number of hydrogen-bond donors (Lipinski definition) is 4. The Balaban J connectivity index is 3.46. The fraction of sp³-hybridized carbons (Fsp3) is 0.556. The molecule has 0 aromatic rings. The van der Waals surface area contributed by atoms with Gasteiger partial charge in [-0.3, -0.25) is 0 Å². The molecule has 0 saturated carbocycles. The van der Waals surface area contributed by atoms with E-state index < -0.39 is 12.1 Å². The molecule has 6 heteroatoms. The van der Waals surface area contributed by atoms with Crippen LogP contribution in [0.4, 0.5) is 4.79 Å². The zero-order valence-electron chi connectivity index (χ0n) is 8.40. The average molecular weight is 216 g/mol. The Bertz CT molecular complexity index is 230. The molecule has 0 rings (SSSR count). The minimum Gasteiger partial charge on any atom is -0.479 e. The van der Waals surface area contributed by atoms with Gasteiger partial charge in [0.25, 0.3) is 0 Å². The number of urea groups is 1. The number of rotatable bonds is 7. The van der Waals surface area contributed by atoms with E-state index in [2.05, 4.69) is 17.2 Å². The summed E-state index contributed by atoms with van der Waals surface area (Å²) in [6, 6.07) is -0.380. The topological polar surface area (TPSA) is 98.7 Å². The van der Waals surface area contributed by atoms with E-state index in [1.54, 1.807) is 6.08 Å². The van der Waals surface area contributed by atoms with Crippen LogP contribution in [0, 0.1) is 0 Å². The molecule has 0 aliphatic heterocycles. The Morgan fingerprint density at radius 1 is 1.33 bits per heavy atom. The van der Waals surface area contributed by atoms with Crippen LogP contribution in [0.1, 0.15) is 12.8 Å². The van der Waals surface area contributed by atoms with Gasteiger partial charge in [0.2, 0.25) is 0 Å². The summed E-state index contributed by atoms with van der Waals surface area (Å²) in [4.78, 5) is 21.2. The quantitative estimate of drug-likeness (QED) is 0.347. The first-order valence-corrected chi connectivity index (χ1v) is 4.61. The van der Waals surface area contributed by atoms with Crippen LogP contribution in [0.15, 0.2) is 12.7 Å².